The third-order valence-corrected chi connectivity index (χ3v) is 3.87. The van der Waals surface area contributed by atoms with Crippen molar-refractivity contribution in [1.82, 2.24) is 0 Å². The fourth-order valence-corrected chi connectivity index (χ4v) is 2.80. The Balaban J connectivity index is 1.51. The lowest BCUT2D eigenvalue weighted by Crippen LogP contribution is -2.22. The summed E-state index contributed by atoms with van der Waals surface area (Å²) in [7, 11) is 0. The highest BCUT2D eigenvalue weighted by molar-refractivity contribution is 5.20. The Morgan fingerprint density at radius 1 is 1.18 bits per heavy atom. The zero-order chi connectivity index (χ0) is 11.2. The van der Waals surface area contributed by atoms with Gasteiger partial charge in [-0.3, -0.25) is 0 Å². The molecule has 5 atom stereocenters. The van der Waals surface area contributed by atoms with Crippen molar-refractivity contribution < 1.29 is 14.2 Å². The quantitative estimate of drug-likeness (QED) is 0.745. The second-order valence-corrected chi connectivity index (χ2v) is 5.09. The Morgan fingerprint density at radius 3 is 2.59 bits per heavy atom. The monoisotopic (exact) mass is 232 g/mol. The zero-order valence-electron chi connectivity index (χ0n) is 9.62. The van der Waals surface area contributed by atoms with Gasteiger partial charge in [0.05, 0.1) is 18.8 Å². The Kier molecular flexibility index (Phi) is 2.25. The third-order valence-electron chi connectivity index (χ3n) is 3.87. The Hall–Kier alpha value is -0.900. The van der Waals surface area contributed by atoms with Gasteiger partial charge in [0, 0.05) is 0 Å². The fourth-order valence-electron chi connectivity index (χ4n) is 2.80. The molecule has 90 valence electrons. The summed E-state index contributed by atoms with van der Waals surface area (Å²) in [6, 6.07) is 10.4. The van der Waals surface area contributed by atoms with Crippen molar-refractivity contribution in [2.75, 3.05) is 6.61 Å². The SMILES string of the molecule is c1ccc(C(OC2CCC3OC23)C2CO2)cc1. The summed E-state index contributed by atoms with van der Waals surface area (Å²) in [6.45, 7) is 0.821. The van der Waals surface area contributed by atoms with Gasteiger partial charge in [0.2, 0.25) is 0 Å². The van der Waals surface area contributed by atoms with Crippen LogP contribution in [0.2, 0.25) is 0 Å². The molecule has 4 rings (SSSR count). The van der Waals surface area contributed by atoms with Gasteiger partial charge >= 0.3 is 0 Å². The van der Waals surface area contributed by atoms with E-state index in [1.165, 1.54) is 5.56 Å². The number of epoxide rings is 2. The Bertz CT molecular complexity index is 401. The first-order valence-electron chi connectivity index (χ1n) is 6.39. The van der Waals surface area contributed by atoms with Crippen LogP contribution < -0.4 is 0 Å². The van der Waals surface area contributed by atoms with Crippen molar-refractivity contribution in [2.24, 2.45) is 0 Å². The van der Waals surface area contributed by atoms with Gasteiger partial charge in [-0.05, 0) is 18.4 Å². The molecule has 5 unspecified atom stereocenters. The first-order chi connectivity index (χ1) is 8.42. The van der Waals surface area contributed by atoms with E-state index in [4.69, 9.17) is 14.2 Å². The van der Waals surface area contributed by atoms with Crippen molar-refractivity contribution in [2.45, 2.75) is 43.4 Å². The van der Waals surface area contributed by atoms with Gasteiger partial charge in [0.1, 0.15) is 18.3 Å². The molecule has 1 aromatic carbocycles. The molecule has 2 aliphatic heterocycles. The van der Waals surface area contributed by atoms with E-state index >= 15 is 0 Å². The van der Waals surface area contributed by atoms with E-state index in [1.54, 1.807) is 0 Å². The van der Waals surface area contributed by atoms with Crippen molar-refractivity contribution in [3.05, 3.63) is 35.9 Å². The molecular weight excluding hydrogens is 216 g/mol. The van der Waals surface area contributed by atoms with E-state index in [1.807, 2.05) is 6.07 Å². The maximum absolute atomic E-state index is 6.23. The van der Waals surface area contributed by atoms with Crippen molar-refractivity contribution in [3.63, 3.8) is 0 Å². The molecule has 0 N–H and O–H groups in total. The highest BCUT2D eigenvalue weighted by Gasteiger charge is 2.52. The number of rotatable bonds is 4. The molecule has 1 aromatic rings. The van der Waals surface area contributed by atoms with Crippen LogP contribution in [-0.2, 0) is 14.2 Å². The van der Waals surface area contributed by atoms with Gasteiger partial charge in [-0.1, -0.05) is 30.3 Å². The van der Waals surface area contributed by atoms with Crippen LogP contribution in [0.25, 0.3) is 0 Å². The molecule has 2 saturated heterocycles. The first-order valence-corrected chi connectivity index (χ1v) is 6.39. The van der Waals surface area contributed by atoms with Gasteiger partial charge < -0.3 is 14.2 Å². The standard InChI is InChI=1S/C14H16O3/c1-2-4-9(5-3-1)13(12-8-15-12)16-10-6-7-11-14(10)17-11/h1-5,10-14H,6-8H2. The lowest BCUT2D eigenvalue weighted by atomic mass is 10.1. The smallest absolute Gasteiger partial charge is 0.111 e. The molecule has 0 amide bonds. The Labute approximate surface area is 101 Å². The van der Waals surface area contributed by atoms with Crippen LogP contribution >= 0.6 is 0 Å². The van der Waals surface area contributed by atoms with Crippen molar-refractivity contribution in [3.8, 4) is 0 Å². The van der Waals surface area contributed by atoms with Crippen LogP contribution in [0, 0.1) is 0 Å². The molecule has 3 nitrogen and oxygen atoms in total. The molecule has 3 aliphatic rings. The van der Waals surface area contributed by atoms with Crippen molar-refractivity contribution in [1.29, 1.82) is 0 Å². The molecule has 3 heteroatoms. The van der Waals surface area contributed by atoms with E-state index in [9.17, 15) is 0 Å². The van der Waals surface area contributed by atoms with Crippen LogP contribution in [0.3, 0.4) is 0 Å². The third kappa shape index (κ3) is 1.88. The highest BCUT2D eigenvalue weighted by Crippen LogP contribution is 2.43. The molecule has 1 aliphatic carbocycles. The fraction of sp³-hybridized carbons (Fsp3) is 0.571. The van der Waals surface area contributed by atoms with Crippen LogP contribution in [-0.4, -0.2) is 31.0 Å². The lowest BCUT2D eigenvalue weighted by molar-refractivity contribution is -0.0426. The lowest BCUT2D eigenvalue weighted by Gasteiger charge is -2.21. The normalized spacial score (nSPS) is 39.8. The first kappa shape index (κ1) is 10.1. The zero-order valence-corrected chi connectivity index (χ0v) is 9.62. The highest BCUT2D eigenvalue weighted by atomic mass is 16.6. The number of ether oxygens (including phenoxy) is 3. The minimum atomic E-state index is 0.0872. The summed E-state index contributed by atoms with van der Waals surface area (Å²) in [5.41, 5.74) is 1.22. The average molecular weight is 232 g/mol. The van der Waals surface area contributed by atoms with E-state index in [0.29, 0.717) is 12.2 Å². The number of hydrogen-bond acceptors (Lipinski definition) is 3. The largest absolute Gasteiger partial charge is 0.370 e. The van der Waals surface area contributed by atoms with Crippen LogP contribution in [0.4, 0.5) is 0 Å². The summed E-state index contributed by atoms with van der Waals surface area (Å²) >= 11 is 0. The van der Waals surface area contributed by atoms with Gasteiger partial charge in [-0.25, -0.2) is 0 Å². The minimum Gasteiger partial charge on any atom is -0.370 e. The second-order valence-electron chi connectivity index (χ2n) is 5.09. The summed E-state index contributed by atoms with van der Waals surface area (Å²) < 4.78 is 17.2. The van der Waals surface area contributed by atoms with Gasteiger partial charge in [0.25, 0.3) is 0 Å². The number of fused-ring (bicyclic) bond motifs is 1. The maximum atomic E-state index is 6.23. The predicted molar refractivity (Wildman–Crippen MR) is 61.7 cm³/mol. The average Bonchev–Trinajstić information content (AvgIpc) is 3.28. The Morgan fingerprint density at radius 2 is 2.00 bits per heavy atom. The minimum absolute atomic E-state index is 0.0872. The van der Waals surface area contributed by atoms with E-state index in [-0.39, 0.29) is 18.3 Å². The van der Waals surface area contributed by atoms with Gasteiger partial charge in [-0.2, -0.15) is 0 Å². The molecule has 3 fully saturated rings. The van der Waals surface area contributed by atoms with E-state index < -0.39 is 0 Å². The predicted octanol–water partition coefficient (Wildman–Crippen LogP) is 2.07. The summed E-state index contributed by atoms with van der Waals surface area (Å²) in [6.07, 6.45) is 3.73. The van der Waals surface area contributed by atoms with Crippen LogP contribution in [0.15, 0.2) is 30.3 Å². The summed E-state index contributed by atoms with van der Waals surface area (Å²) in [5.74, 6) is 0. The number of hydrogen-bond donors (Lipinski definition) is 0. The van der Waals surface area contributed by atoms with Crippen LogP contribution in [0.5, 0.6) is 0 Å². The molecule has 0 bridgehead atoms. The maximum Gasteiger partial charge on any atom is 0.111 e. The molecule has 0 radical (unpaired) electrons. The molecule has 0 spiro atoms. The van der Waals surface area contributed by atoms with Crippen LogP contribution in [0.1, 0.15) is 24.5 Å². The van der Waals surface area contributed by atoms with E-state index in [2.05, 4.69) is 24.3 Å². The van der Waals surface area contributed by atoms with Gasteiger partial charge in [0.15, 0.2) is 0 Å². The van der Waals surface area contributed by atoms with E-state index in [0.717, 1.165) is 19.4 Å². The molecular formula is C14H16O3. The summed E-state index contributed by atoms with van der Waals surface area (Å²) in [5, 5.41) is 0. The van der Waals surface area contributed by atoms with Crippen molar-refractivity contribution >= 4 is 0 Å². The number of benzene rings is 1. The molecule has 2 heterocycles. The molecule has 17 heavy (non-hydrogen) atoms. The summed E-state index contributed by atoms with van der Waals surface area (Å²) in [4.78, 5) is 0. The molecule has 0 aromatic heterocycles. The van der Waals surface area contributed by atoms with Gasteiger partial charge in [-0.15, -0.1) is 0 Å². The topological polar surface area (TPSA) is 34.3 Å². The second kappa shape index (κ2) is 3.80. The molecule has 1 saturated carbocycles.